The van der Waals surface area contributed by atoms with E-state index in [9.17, 15) is 4.79 Å². The van der Waals surface area contributed by atoms with Crippen LogP contribution in [-0.4, -0.2) is 10.6 Å². The van der Waals surface area contributed by atoms with Gasteiger partial charge in [0.25, 0.3) is 0 Å². The highest BCUT2D eigenvalue weighted by Gasteiger charge is 1.89. The predicted molar refractivity (Wildman–Crippen MR) is 37.2 cm³/mol. The second kappa shape index (κ2) is 2.99. The van der Waals surface area contributed by atoms with E-state index in [0.29, 0.717) is 6.54 Å². The Kier molecular flexibility index (Phi) is 2.03. The summed E-state index contributed by atoms with van der Waals surface area (Å²) in [6.45, 7) is 0.435. The fraction of sp³-hybridized carbons (Fsp3) is 0.286. The molecule has 0 N–H and O–H groups in total. The van der Waals surface area contributed by atoms with E-state index in [1.165, 1.54) is 6.08 Å². The van der Waals surface area contributed by atoms with Crippen LogP contribution in [0.5, 0.6) is 0 Å². The zero-order chi connectivity index (χ0) is 7.40. The van der Waals surface area contributed by atoms with E-state index in [1.54, 1.807) is 0 Å². The fourth-order valence-electron chi connectivity index (χ4n) is 0.778. The highest BCUT2D eigenvalue weighted by molar-refractivity contribution is 5.33. The summed E-state index contributed by atoms with van der Waals surface area (Å²) in [6.07, 6.45) is 5.32. The van der Waals surface area contributed by atoms with E-state index in [0.717, 1.165) is 5.56 Å². The third-order valence-electron chi connectivity index (χ3n) is 1.22. The Morgan fingerprint density at radius 1 is 1.80 bits per heavy atom. The van der Waals surface area contributed by atoms with Crippen LogP contribution < -0.4 is 0 Å². The maximum absolute atomic E-state index is 9.69. The van der Waals surface area contributed by atoms with Gasteiger partial charge in [0.2, 0.25) is 6.08 Å². The molecule has 1 heterocycles. The van der Waals surface area contributed by atoms with Crippen LogP contribution in [0.15, 0.2) is 23.5 Å². The molecule has 0 aliphatic carbocycles. The minimum Gasteiger partial charge on any atom is -0.357 e. The third kappa shape index (κ3) is 1.57. The molecule has 0 aliphatic heterocycles. The van der Waals surface area contributed by atoms with Crippen LogP contribution in [0, 0.1) is 0 Å². The van der Waals surface area contributed by atoms with Crippen molar-refractivity contribution in [3.8, 4) is 0 Å². The smallest absolute Gasteiger partial charge is 0.235 e. The largest absolute Gasteiger partial charge is 0.357 e. The summed E-state index contributed by atoms with van der Waals surface area (Å²) in [5, 5.41) is 0. The number of nitrogens with zero attached hydrogens (tertiary/aromatic N) is 2. The maximum atomic E-state index is 9.69. The molecule has 0 fully saturated rings. The quantitative estimate of drug-likeness (QED) is 0.438. The van der Waals surface area contributed by atoms with Gasteiger partial charge in [0.1, 0.15) is 0 Å². The first-order valence-corrected chi connectivity index (χ1v) is 2.97. The van der Waals surface area contributed by atoms with E-state index in [1.807, 2.05) is 30.1 Å². The molecule has 0 aliphatic rings. The number of rotatable bonds is 2. The minimum atomic E-state index is 0.435. The molecule has 10 heavy (non-hydrogen) atoms. The van der Waals surface area contributed by atoms with Gasteiger partial charge >= 0.3 is 0 Å². The first-order chi connectivity index (χ1) is 4.83. The summed E-state index contributed by atoms with van der Waals surface area (Å²) in [7, 11) is 1.92. The molecule has 1 rings (SSSR count). The number of isocyanates is 1. The average molecular weight is 136 g/mol. The first-order valence-electron chi connectivity index (χ1n) is 2.97. The first kappa shape index (κ1) is 6.78. The molecule has 0 saturated carbocycles. The maximum Gasteiger partial charge on any atom is 0.235 e. The molecule has 52 valence electrons. The van der Waals surface area contributed by atoms with Gasteiger partial charge in [-0.05, 0) is 11.6 Å². The highest BCUT2D eigenvalue weighted by Crippen LogP contribution is 1.99. The zero-order valence-corrected chi connectivity index (χ0v) is 5.74. The Morgan fingerprint density at radius 2 is 2.60 bits per heavy atom. The topological polar surface area (TPSA) is 34.4 Å². The Bertz CT molecular complexity index is 258. The fourth-order valence-corrected chi connectivity index (χ4v) is 0.778. The molecule has 0 spiro atoms. The summed E-state index contributed by atoms with van der Waals surface area (Å²) in [4.78, 5) is 13.1. The predicted octanol–water partition coefficient (Wildman–Crippen LogP) is 0.861. The van der Waals surface area contributed by atoms with Gasteiger partial charge in [0.15, 0.2) is 0 Å². The second-order valence-electron chi connectivity index (χ2n) is 2.09. The van der Waals surface area contributed by atoms with Gasteiger partial charge in [-0.2, -0.15) is 0 Å². The summed E-state index contributed by atoms with van der Waals surface area (Å²) in [6, 6.07) is 1.92. The van der Waals surface area contributed by atoms with Crippen molar-refractivity contribution >= 4 is 6.08 Å². The minimum absolute atomic E-state index is 0.435. The lowest BCUT2D eigenvalue weighted by Gasteiger charge is -1.84. The SMILES string of the molecule is Cn1ccc(CN=C=O)c1. The van der Waals surface area contributed by atoms with Gasteiger partial charge < -0.3 is 4.57 Å². The molecular weight excluding hydrogens is 128 g/mol. The van der Waals surface area contributed by atoms with Crippen LogP contribution >= 0.6 is 0 Å². The molecule has 0 aromatic carbocycles. The van der Waals surface area contributed by atoms with Gasteiger partial charge in [-0.25, -0.2) is 9.79 Å². The molecule has 1 aromatic heterocycles. The average Bonchev–Trinajstić information content (AvgIpc) is 2.31. The standard InChI is InChI=1S/C7H8N2O/c1-9-3-2-7(5-9)4-8-6-10/h2-3,5H,4H2,1H3. The number of hydrogen-bond donors (Lipinski definition) is 0. The van der Waals surface area contributed by atoms with Crippen molar-refractivity contribution in [2.45, 2.75) is 6.54 Å². The molecule has 0 atom stereocenters. The van der Waals surface area contributed by atoms with Crippen molar-refractivity contribution in [2.24, 2.45) is 12.0 Å². The van der Waals surface area contributed by atoms with Gasteiger partial charge in [-0.3, -0.25) is 0 Å². The van der Waals surface area contributed by atoms with Crippen LogP contribution in [-0.2, 0) is 18.4 Å². The molecule has 0 radical (unpaired) electrons. The zero-order valence-electron chi connectivity index (χ0n) is 5.74. The van der Waals surface area contributed by atoms with Crippen LogP contribution in [0.4, 0.5) is 0 Å². The highest BCUT2D eigenvalue weighted by atomic mass is 16.1. The van der Waals surface area contributed by atoms with Gasteiger partial charge in [-0.15, -0.1) is 0 Å². The second-order valence-corrected chi connectivity index (χ2v) is 2.09. The van der Waals surface area contributed by atoms with Crippen LogP contribution in [0.2, 0.25) is 0 Å². The number of aryl methyl sites for hydroxylation is 1. The summed E-state index contributed by atoms with van der Waals surface area (Å²) < 4.78 is 1.91. The Hall–Kier alpha value is -1.34. The van der Waals surface area contributed by atoms with Gasteiger partial charge in [-0.1, -0.05) is 0 Å². The van der Waals surface area contributed by atoms with Crippen molar-refractivity contribution in [1.82, 2.24) is 4.57 Å². The molecule has 1 aromatic rings. The lowest BCUT2D eigenvalue weighted by atomic mass is 10.3. The van der Waals surface area contributed by atoms with E-state index in [-0.39, 0.29) is 0 Å². The molecule has 3 heteroatoms. The Balaban J connectivity index is 2.66. The van der Waals surface area contributed by atoms with Crippen molar-refractivity contribution in [2.75, 3.05) is 0 Å². The Morgan fingerprint density at radius 3 is 3.10 bits per heavy atom. The molecule has 0 amide bonds. The van der Waals surface area contributed by atoms with Crippen molar-refractivity contribution < 1.29 is 4.79 Å². The van der Waals surface area contributed by atoms with Crippen LogP contribution in [0.1, 0.15) is 5.56 Å². The van der Waals surface area contributed by atoms with E-state index in [4.69, 9.17) is 0 Å². The lowest BCUT2D eigenvalue weighted by molar-refractivity contribution is 0.563. The number of carbonyl (C=O) groups excluding carboxylic acids is 1. The number of aromatic nitrogens is 1. The monoisotopic (exact) mass is 136 g/mol. The van der Waals surface area contributed by atoms with Crippen LogP contribution in [0.3, 0.4) is 0 Å². The lowest BCUT2D eigenvalue weighted by Crippen LogP contribution is -1.79. The van der Waals surface area contributed by atoms with Crippen LogP contribution in [0.25, 0.3) is 0 Å². The summed E-state index contributed by atoms with van der Waals surface area (Å²) >= 11 is 0. The summed E-state index contributed by atoms with van der Waals surface area (Å²) in [5.74, 6) is 0. The van der Waals surface area contributed by atoms with Crippen molar-refractivity contribution in [3.05, 3.63) is 24.0 Å². The number of hydrogen-bond acceptors (Lipinski definition) is 2. The van der Waals surface area contributed by atoms with Gasteiger partial charge in [0.05, 0.1) is 6.54 Å². The van der Waals surface area contributed by atoms with Gasteiger partial charge in [0, 0.05) is 19.4 Å². The Labute approximate surface area is 59.0 Å². The van der Waals surface area contributed by atoms with Crippen molar-refractivity contribution in [1.29, 1.82) is 0 Å². The number of aliphatic imine (C=N–C) groups is 1. The van der Waals surface area contributed by atoms with E-state index >= 15 is 0 Å². The normalized spacial score (nSPS) is 8.90. The molecular formula is C7H8N2O. The summed E-state index contributed by atoms with van der Waals surface area (Å²) in [5.41, 5.74) is 1.03. The molecule has 3 nitrogen and oxygen atoms in total. The van der Waals surface area contributed by atoms with Crippen molar-refractivity contribution in [3.63, 3.8) is 0 Å². The van der Waals surface area contributed by atoms with E-state index in [2.05, 4.69) is 4.99 Å². The molecule has 0 saturated heterocycles. The molecule has 0 bridgehead atoms. The molecule has 0 unspecified atom stereocenters. The third-order valence-corrected chi connectivity index (χ3v) is 1.22. The van der Waals surface area contributed by atoms with E-state index < -0.39 is 0 Å².